The van der Waals surface area contributed by atoms with Crippen LogP contribution in [0.15, 0.2) is 376 Å². The van der Waals surface area contributed by atoms with E-state index in [4.69, 9.17) is 0 Å². The van der Waals surface area contributed by atoms with E-state index in [1.807, 2.05) is 0 Å². The van der Waals surface area contributed by atoms with Gasteiger partial charge in [0.05, 0.1) is 16.5 Å². The molecule has 1 heterocycles. The fourth-order valence-electron chi connectivity index (χ4n) is 15.9. The smallest absolute Gasteiger partial charge is 0.156 e. The molecule has 0 fully saturated rings. The maximum absolute atomic E-state index is 2.53. The van der Waals surface area contributed by atoms with E-state index in [0.717, 1.165) is 50.8 Å². The predicted molar refractivity (Wildman–Crippen MR) is 393 cm³/mol. The zero-order valence-corrected chi connectivity index (χ0v) is 51.6. The lowest BCUT2D eigenvalue weighted by Crippen LogP contribution is -2.31. The maximum atomic E-state index is 2.53. The summed E-state index contributed by atoms with van der Waals surface area (Å²) in [5, 5.41) is 0. The van der Waals surface area contributed by atoms with Crippen molar-refractivity contribution in [2.75, 3.05) is 9.80 Å². The van der Waals surface area contributed by atoms with Gasteiger partial charge < -0.3 is 9.80 Å². The third-order valence-corrected chi connectivity index (χ3v) is 19.9. The van der Waals surface area contributed by atoms with Crippen LogP contribution in [0.3, 0.4) is 0 Å². The number of rotatable bonds is 12. The highest BCUT2D eigenvalue weighted by Crippen LogP contribution is 2.67. The van der Waals surface area contributed by atoms with Crippen molar-refractivity contribution in [3.05, 3.63) is 398 Å². The van der Waals surface area contributed by atoms with Gasteiger partial charge in [-0.2, -0.15) is 4.48 Å². The predicted octanol–water partition coefficient (Wildman–Crippen LogP) is 24.9. The van der Waals surface area contributed by atoms with Crippen molar-refractivity contribution in [3.8, 4) is 77.9 Å². The Balaban J connectivity index is 0.863. The number of benzene rings is 15. The van der Waals surface area contributed by atoms with Crippen molar-refractivity contribution in [1.29, 1.82) is 0 Å². The Bertz CT molecular complexity index is 5210. The second-order valence-electron chi connectivity index (χ2n) is 24.8. The van der Waals surface area contributed by atoms with Gasteiger partial charge in [0.15, 0.2) is 11.4 Å². The van der Waals surface area contributed by atoms with Crippen LogP contribution in [-0.4, -0.2) is 0 Å². The normalized spacial score (nSPS) is 14.1. The van der Waals surface area contributed by atoms with E-state index in [-0.39, 0.29) is 0 Å². The topological polar surface area (TPSA) is 6.48 Å². The van der Waals surface area contributed by atoms with E-state index in [9.17, 15) is 0 Å². The first-order valence-corrected chi connectivity index (χ1v) is 32.5. The van der Waals surface area contributed by atoms with Crippen molar-refractivity contribution in [3.63, 3.8) is 0 Å². The molecule has 3 aliphatic rings. The molecule has 15 aromatic carbocycles. The van der Waals surface area contributed by atoms with Crippen LogP contribution in [0.1, 0.15) is 22.3 Å². The molecule has 1 spiro atoms. The van der Waals surface area contributed by atoms with Crippen LogP contribution in [0.4, 0.5) is 56.9 Å². The molecule has 3 nitrogen and oxygen atoms in total. The summed E-state index contributed by atoms with van der Waals surface area (Å²) in [6, 6.07) is 139. The minimum Gasteiger partial charge on any atom is -0.311 e. The molecule has 0 aromatic heterocycles. The molecule has 1 atom stereocenters. The van der Waals surface area contributed by atoms with Crippen molar-refractivity contribution < 1.29 is 0 Å². The van der Waals surface area contributed by atoms with Gasteiger partial charge >= 0.3 is 0 Å². The summed E-state index contributed by atoms with van der Waals surface area (Å²) in [7, 11) is 0. The van der Waals surface area contributed by atoms with Crippen LogP contribution in [-0.2, 0) is 5.41 Å². The Hall–Kier alpha value is -12.1. The van der Waals surface area contributed by atoms with E-state index in [2.05, 4.69) is 386 Å². The zero-order chi connectivity index (χ0) is 62.2. The zero-order valence-electron chi connectivity index (χ0n) is 51.6. The molecular formula is C91H62N3+. The van der Waals surface area contributed by atoms with E-state index in [1.54, 1.807) is 0 Å². The molecule has 2 aliphatic carbocycles. The van der Waals surface area contributed by atoms with Gasteiger partial charge in [-0.25, -0.2) is 0 Å². The molecule has 0 saturated carbocycles. The minimum absolute atomic E-state index is 0.478. The van der Waals surface area contributed by atoms with Crippen LogP contribution in [0, 0.1) is 0 Å². The van der Waals surface area contributed by atoms with Gasteiger partial charge in [-0.15, -0.1) is 0 Å². The van der Waals surface area contributed by atoms with Gasteiger partial charge in [0.25, 0.3) is 0 Å². The summed E-state index contributed by atoms with van der Waals surface area (Å²) in [4.78, 5) is 4.69. The van der Waals surface area contributed by atoms with Gasteiger partial charge in [-0.3, -0.25) is 0 Å². The number of anilines is 6. The molecule has 94 heavy (non-hydrogen) atoms. The number of nitrogens with zero attached hydrogens (tertiary/aromatic N) is 3. The molecule has 0 radical (unpaired) electrons. The second kappa shape index (κ2) is 22.4. The fourth-order valence-corrected chi connectivity index (χ4v) is 15.9. The molecule has 0 saturated heterocycles. The molecule has 1 unspecified atom stereocenters. The second-order valence-corrected chi connectivity index (χ2v) is 24.8. The van der Waals surface area contributed by atoms with Gasteiger partial charge in [0.2, 0.25) is 0 Å². The standard InChI is InChI=1S/C91H62N3/c1-8-26-63(27-9-1)66-51-58-83-81(60-66)89-77(64-46-53-73(54-47-64)92(69-28-10-2-11-29-69)70-30-12-3-13-31-70)41-24-43-85(89)91(83)84-59-52-67(68-50-57-80-79-40-22-23-45-87(79)94(88(80)62-68,75-36-18-6-19-37-75)76-38-20-7-21-39-76)61-82(84)90-78(42-25-44-86(90)91)65-48-55-74(56-49-65)93(71-32-14-4-15-33-71)72-34-16-5-17-35-72/h1-62H/q+1. The van der Waals surface area contributed by atoms with Crippen LogP contribution in [0.2, 0.25) is 0 Å². The summed E-state index contributed by atoms with van der Waals surface area (Å²) < 4.78 is 0.478. The number of para-hydroxylation sites is 7. The summed E-state index contributed by atoms with van der Waals surface area (Å²) in [5.41, 5.74) is 32.9. The molecule has 3 heteroatoms. The monoisotopic (exact) mass is 1200 g/mol. The summed E-state index contributed by atoms with van der Waals surface area (Å²) in [5.74, 6) is 0. The summed E-state index contributed by atoms with van der Waals surface area (Å²) in [6.07, 6.45) is 0. The minimum atomic E-state index is -0.684. The quantitative estimate of drug-likeness (QED) is 0.113. The van der Waals surface area contributed by atoms with Gasteiger partial charge in [0.1, 0.15) is 11.4 Å². The van der Waals surface area contributed by atoms with Crippen LogP contribution in [0.25, 0.3) is 77.9 Å². The third kappa shape index (κ3) is 8.49. The highest BCUT2D eigenvalue weighted by molar-refractivity contribution is 6.07. The van der Waals surface area contributed by atoms with Crippen LogP contribution in [0.5, 0.6) is 0 Å². The van der Waals surface area contributed by atoms with E-state index in [1.165, 1.54) is 106 Å². The average Bonchev–Trinajstić information content (AvgIpc) is 1.50. The Morgan fingerprint density at radius 1 is 0.191 bits per heavy atom. The first-order valence-electron chi connectivity index (χ1n) is 32.5. The Kier molecular flexibility index (Phi) is 13.0. The lowest BCUT2D eigenvalue weighted by molar-refractivity contribution is 0.721. The van der Waals surface area contributed by atoms with Crippen LogP contribution < -0.4 is 14.3 Å². The molecule has 0 N–H and O–H groups in total. The lowest BCUT2D eigenvalue weighted by atomic mass is 9.70. The molecular weight excluding hydrogens is 1140 g/mol. The molecule has 0 amide bonds. The Morgan fingerprint density at radius 2 is 0.521 bits per heavy atom. The van der Waals surface area contributed by atoms with Crippen molar-refractivity contribution in [2.45, 2.75) is 5.41 Å². The SMILES string of the molecule is c1ccc(-c2ccc3c(c2)-c2c(-c4ccc(N(c5ccccc5)c5ccccc5)cc4)cccc2C32c3ccc(-c4ccc5c(c4)[N+](c4ccccc4)(c4ccccc4)c4ccccc4-5)cc3-c3c(-c4ccc(N(c5ccccc5)c5ccccc5)cc4)cccc32)cc1. The van der Waals surface area contributed by atoms with Gasteiger partial charge in [-0.05, 0) is 186 Å². The Morgan fingerprint density at radius 3 is 0.968 bits per heavy atom. The van der Waals surface area contributed by atoms with Crippen LogP contribution >= 0.6 is 0 Å². The molecule has 1 aliphatic heterocycles. The Labute approximate surface area is 549 Å². The summed E-state index contributed by atoms with van der Waals surface area (Å²) in [6.45, 7) is 0. The van der Waals surface area contributed by atoms with E-state index in [0.29, 0.717) is 4.48 Å². The maximum Gasteiger partial charge on any atom is 0.156 e. The molecule has 15 aromatic rings. The lowest BCUT2D eigenvalue weighted by Gasteiger charge is -2.34. The van der Waals surface area contributed by atoms with E-state index >= 15 is 0 Å². The van der Waals surface area contributed by atoms with Gasteiger partial charge in [0, 0.05) is 70.5 Å². The highest BCUT2D eigenvalue weighted by atomic mass is 15.4. The first kappa shape index (κ1) is 54.8. The molecule has 440 valence electrons. The average molecular weight is 1200 g/mol. The highest BCUT2D eigenvalue weighted by Gasteiger charge is 2.54. The fraction of sp³-hybridized carbons (Fsp3) is 0.0110. The molecule has 18 rings (SSSR count). The van der Waals surface area contributed by atoms with Gasteiger partial charge in [-0.1, -0.05) is 243 Å². The first-order chi connectivity index (χ1) is 46.6. The van der Waals surface area contributed by atoms with Crippen molar-refractivity contribution in [1.82, 2.24) is 4.48 Å². The number of hydrogen-bond acceptors (Lipinski definition) is 2. The van der Waals surface area contributed by atoms with Crippen molar-refractivity contribution >= 4 is 56.9 Å². The summed E-state index contributed by atoms with van der Waals surface area (Å²) >= 11 is 0. The molecule has 0 bridgehead atoms. The number of hydrogen-bond donors (Lipinski definition) is 0. The number of quaternary nitrogens is 1. The van der Waals surface area contributed by atoms with Crippen molar-refractivity contribution in [2.24, 2.45) is 0 Å². The largest absolute Gasteiger partial charge is 0.311 e. The third-order valence-electron chi connectivity index (χ3n) is 19.9. The number of fused-ring (bicyclic) bond motifs is 13. The van der Waals surface area contributed by atoms with E-state index < -0.39 is 5.41 Å².